The highest BCUT2D eigenvalue weighted by Crippen LogP contribution is 2.36. The zero-order chi connectivity index (χ0) is 13.9. The van der Waals surface area contributed by atoms with Crippen molar-refractivity contribution in [2.75, 3.05) is 13.1 Å². The van der Waals surface area contributed by atoms with Gasteiger partial charge in [0.05, 0.1) is 0 Å². The van der Waals surface area contributed by atoms with E-state index in [-0.39, 0.29) is 5.41 Å². The van der Waals surface area contributed by atoms with Gasteiger partial charge in [0.15, 0.2) is 0 Å². The Hall–Kier alpha value is -0.770. The molecule has 2 atom stereocenters. The van der Waals surface area contributed by atoms with Gasteiger partial charge in [0.25, 0.3) is 0 Å². The van der Waals surface area contributed by atoms with Gasteiger partial charge >= 0.3 is 0 Å². The van der Waals surface area contributed by atoms with Gasteiger partial charge in [0, 0.05) is 11.5 Å². The summed E-state index contributed by atoms with van der Waals surface area (Å²) in [5, 5.41) is 12.0. The standard InChI is InChI=1S/C15H29N3O/c1-15(2,14(16)17-19)9-11-18-10-5-7-12-6-3-4-8-13(12)18/h12-13,19H,3-11H2,1-2H3,(H2,16,17)/t12-,13-/m1/s1. The smallest absolute Gasteiger partial charge is 0.144 e. The summed E-state index contributed by atoms with van der Waals surface area (Å²) in [6.07, 6.45) is 9.33. The van der Waals surface area contributed by atoms with Crippen LogP contribution in [0.1, 0.15) is 58.8 Å². The Balaban J connectivity index is 1.91. The van der Waals surface area contributed by atoms with Gasteiger partial charge in [-0.3, -0.25) is 0 Å². The SMILES string of the molecule is CC(C)(CCN1CCC[C@H]2CCCC[C@H]21)C(N)=NO. The minimum Gasteiger partial charge on any atom is -0.409 e. The second kappa shape index (κ2) is 6.12. The number of nitrogens with two attached hydrogens (primary N) is 1. The molecule has 1 saturated heterocycles. The van der Waals surface area contributed by atoms with Gasteiger partial charge in [-0.2, -0.15) is 0 Å². The Labute approximate surface area is 117 Å². The fourth-order valence-electron chi connectivity index (χ4n) is 3.69. The number of hydrogen-bond acceptors (Lipinski definition) is 3. The first kappa shape index (κ1) is 14.6. The average molecular weight is 267 g/mol. The van der Waals surface area contributed by atoms with Crippen LogP contribution in [0, 0.1) is 11.3 Å². The lowest BCUT2D eigenvalue weighted by molar-refractivity contribution is 0.0550. The predicted molar refractivity (Wildman–Crippen MR) is 78.4 cm³/mol. The molecule has 2 rings (SSSR count). The van der Waals surface area contributed by atoms with E-state index in [0.717, 1.165) is 24.9 Å². The van der Waals surface area contributed by atoms with Gasteiger partial charge in [-0.15, -0.1) is 0 Å². The maximum atomic E-state index is 8.84. The molecular weight excluding hydrogens is 238 g/mol. The van der Waals surface area contributed by atoms with Crippen LogP contribution in [0.2, 0.25) is 0 Å². The van der Waals surface area contributed by atoms with E-state index in [1.54, 1.807) is 0 Å². The molecule has 1 heterocycles. The molecule has 0 unspecified atom stereocenters. The maximum Gasteiger partial charge on any atom is 0.144 e. The predicted octanol–water partition coefficient (Wildman–Crippen LogP) is 2.80. The summed E-state index contributed by atoms with van der Waals surface area (Å²) in [4.78, 5) is 2.67. The van der Waals surface area contributed by atoms with E-state index in [4.69, 9.17) is 10.9 Å². The second-order valence-corrected chi connectivity index (χ2v) is 6.91. The zero-order valence-electron chi connectivity index (χ0n) is 12.4. The number of likely N-dealkylation sites (tertiary alicyclic amines) is 1. The number of hydrogen-bond donors (Lipinski definition) is 2. The van der Waals surface area contributed by atoms with Gasteiger partial charge in [-0.05, 0) is 51.1 Å². The lowest BCUT2D eigenvalue weighted by Crippen LogP contribution is -2.48. The third-order valence-electron chi connectivity index (χ3n) is 5.18. The van der Waals surface area contributed by atoms with E-state index in [2.05, 4.69) is 23.9 Å². The van der Waals surface area contributed by atoms with Crippen LogP contribution < -0.4 is 5.73 Å². The molecule has 0 spiro atoms. The first-order valence-corrected chi connectivity index (χ1v) is 7.76. The highest BCUT2D eigenvalue weighted by molar-refractivity contribution is 5.85. The zero-order valence-corrected chi connectivity index (χ0v) is 12.4. The lowest BCUT2D eigenvalue weighted by Gasteiger charge is -2.45. The van der Waals surface area contributed by atoms with E-state index in [1.165, 1.54) is 45.1 Å². The van der Waals surface area contributed by atoms with Gasteiger partial charge in [0.2, 0.25) is 0 Å². The van der Waals surface area contributed by atoms with E-state index < -0.39 is 0 Å². The molecule has 4 heteroatoms. The number of piperidine rings is 1. The molecule has 4 nitrogen and oxygen atoms in total. The number of amidine groups is 1. The maximum absolute atomic E-state index is 8.84. The molecule has 1 aliphatic carbocycles. The summed E-state index contributed by atoms with van der Waals surface area (Å²) < 4.78 is 0. The molecule has 110 valence electrons. The molecule has 3 N–H and O–H groups in total. The highest BCUT2D eigenvalue weighted by Gasteiger charge is 2.34. The van der Waals surface area contributed by atoms with Crippen molar-refractivity contribution in [1.29, 1.82) is 0 Å². The van der Waals surface area contributed by atoms with Crippen molar-refractivity contribution in [2.24, 2.45) is 22.2 Å². The van der Waals surface area contributed by atoms with Crippen LogP contribution in [0.4, 0.5) is 0 Å². The largest absolute Gasteiger partial charge is 0.409 e. The fraction of sp³-hybridized carbons (Fsp3) is 0.933. The molecule has 0 aromatic heterocycles. The number of fused-ring (bicyclic) bond motifs is 1. The Morgan fingerprint density at radius 2 is 1.95 bits per heavy atom. The van der Waals surface area contributed by atoms with E-state index in [0.29, 0.717) is 5.84 Å². The summed E-state index contributed by atoms with van der Waals surface area (Å²) >= 11 is 0. The Bertz CT molecular complexity index is 325. The van der Waals surface area contributed by atoms with Gasteiger partial charge < -0.3 is 15.8 Å². The lowest BCUT2D eigenvalue weighted by atomic mass is 9.77. The van der Waals surface area contributed by atoms with Crippen molar-refractivity contribution < 1.29 is 5.21 Å². The molecular formula is C15H29N3O. The molecule has 1 saturated carbocycles. The molecule has 2 aliphatic rings. The summed E-state index contributed by atoms with van der Waals surface area (Å²) in [5.74, 6) is 1.28. The molecule has 0 aromatic rings. The minimum atomic E-state index is -0.212. The van der Waals surface area contributed by atoms with Crippen LogP contribution in [0.25, 0.3) is 0 Å². The number of nitrogens with zero attached hydrogens (tertiary/aromatic N) is 2. The van der Waals surface area contributed by atoms with Gasteiger partial charge in [-0.25, -0.2) is 0 Å². The van der Waals surface area contributed by atoms with Crippen molar-refractivity contribution in [3.05, 3.63) is 0 Å². The van der Waals surface area contributed by atoms with Crippen LogP contribution in [0.15, 0.2) is 5.16 Å². The molecule has 0 radical (unpaired) electrons. The Morgan fingerprint density at radius 3 is 2.68 bits per heavy atom. The van der Waals surface area contributed by atoms with Crippen molar-refractivity contribution in [3.63, 3.8) is 0 Å². The summed E-state index contributed by atoms with van der Waals surface area (Å²) in [7, 11) is 0. The summed E-state index contributed by atoms with van der Waals surface area (Å²) in [6.45, 7) is 6.42. The second-order valence-electron chi connectivity index (χ2n) is 6.91. The first-order valence-electron chi connectivity index (χ1n) is 7.76. The van der Waals surface area contributed by atoms with Crippen LogP contribution in [0.3, 0.4) is 0 Å². The third kappa shape index (κ3) is 3.41. The topological polar surface area (TPSA) is 61.8 Å². The van der Waals surface area contributed by atoms with Gasteiger partial charge in [0.1, 0.15) is 5.84 Å². The molecule has 0 amide bonds. The number of oxime groups is 1. The van der Waals surface area contributed by atoms with Crippen LogP contribution in [-0.2, 0) is 0 Å². The van der Waals surface area contributed by atoms with Crippen LogP contribution in [-0.4, -0.2) is 35.1 Å². The Morgan fingerprint density at radius 1 is 1.26 bits per heavy atom. The molecule has 0 aromatic carbocycles. The molecule has 0 bridgehead atoms. The van der Waals surface area contributed by atoms with Gasteiger partial charge in [-0.1, -0.05) is 31.8 Å². The summed E-state index contributed by atoms with van der Waals surface area (Å²) in [6, 6.07) is 0.797. The van der Waals surface area contributed by atoms with Crippen molar-refractivity contribution >= 4 is 5.84 Å². The summed E-state index contributed by atoms with van der Waals surface area (Å²) in [5.41, 5.74) is 5.57. The fourth-order valence-corrected chi connectivity index (χ4v) is 3.69. The van der Waals surface area contributed by atoms with E-state index >= 15 is 0 Å². The third-order valence-corrected chi connectivity index (χ3v) is 5.18. The van der Waals surface area contributed by atoms with Crippen LogP contribution in [0.5, 0.6) is 0 Å². The van der Waals surface area contributed by atoms with Crippen molar-refractivity contribution in [3.8, 4) is 0 Å². The molecule has 19 heavy (non-hydrogen) atoms. The monoisotopic (exact) mass is 267 g/mol. The molecule has 1 aliphatic heterocycles. The number of rotatable bonds is 4. The highest BCUT2D eigenvalue weighted by atomic mass is 16.4. The average Bonchev–Trinajstić information content (AvgIpc) is 2.44. The first-order chi connectivity index (χ1) is 9.04. The minimum absolute atomic E-state index is 0.212. The molecule has 2 fully saturated rings. The quantitative estimate of drug-likeness (QED) is 0.356. The van der Waals surface area contributed by atoms with Crippen molar-refractivity contribution in [1.82, 2.24) is 4.90 Å². The Kier molecular flexibility index (Phi) is 4.71. The van der Waals surface area contributed by atoms with Crippen LogP contribution >= 0.6 is 0 Å². The van der Waals surface area contributed by atoms with E-state index in [1.807, 2.05) is 0 Å². The van der Waals surface area contributed by atoms with E-state index in [9.17, 15) is 0 Å². The normalized spacial score (nSPS) is 30.1. The van der Waals surface area contributed by atoms with Crippen molar-refractivity contribution in [2.45, 2.75) is 64.8 Å².